The maximum Gasteiger partial charge on any atom is 0.135 e. The Hall–Kier alpha value is -1.90. The van der Waals surface area contributed by atoms with Crippen LogP contribution in [0.25, 0.3) is 11.1 Å². The van der Waals surface area contributed by atoms with Gasteiger partial charge in [0.2, 0.25) is 0 Å². The molecule has 0 aliphatic heterocycles. The maximum absolute atomic E-state index is 6.01. The molecule has 0 spiro atoms. The van der Waals surface area contributed by atoms with Crippen molar-refractivity contribution in [2.45, 2.75) is 27.7 Å². The molecule has 0 aliphatic rings. The molecule has 88 valence electrons. The molecule has 1 aromatic heterocycles. The first-order valence-electron chi connectivity index (χ1n) is 5.67. The predicted octanol–water partition coefficient (Wildman–Crippen LogP) is 2.96. The zero-order chi connectivity index (χ0) is 12.6. The van der Waals surface area contributed by atoms with Crippen molar-refractivity contribution in [3.05, 3.63) is 40.8 Å². The lowest BCUT2D eigenvalue weighted by Crippen LogP contribution is -2.03. The van der Waals surface area contributed by atoms with Crippen molar-refractivity contribution in [3.8, 4) is 11.1 Å². The minimum absolute atomic E-state index is 0.557. The number of anilines is 1. The quantitative estimate of drug-likeness (QED) is 0.814. The molecule has 0 bridgehead atoms. The van der Waals surface area contributed by atoms with E-state index in [0.29, 0.717) is 11.6 Å². The van der Waals surface area contributed by atoms with Gasteiger partial charge in [0, 0.05) is 5.56 Å². The average Bonchev–Trinajstić information content (AvgIpc) is 2.19. The van der Waals surface area contributed by atoms with E-state index in [4.69, 9.17) is 5.73 Å². The van der Waals surface area contributed by atoms with Gasteiger partial charge < -0.3 is 5.73 Å². The van der Waals surface area contributed by atoms with Gasteiger partial charge in [-0.05, 0) is 38.8 Å². The number of benzene rings is 1. The molecular formula is C14H17N3. The fourth-order valence-electron chi connectivity index (χ4n) is 2.17. The number of aromatic nitrogens is 2. The number of nitrogen functional groups attached to an aromatic ring is 1. The van der Waals surface area contributed by atoms with Crippen LogP contribution in [-0.4, -0.2) is 9.97 Å². The Labute approximate surface area is 102 Å². The first kappa shape index (κ1) is 11.6. The fraction of sp³-hybridized carbons (Fsp3) is 0.286. The Morgan fingerprint density at radius 1 is 1.00 bits per heavy atom. The van der Waals surface area contributed by atoms with Crippen molar-refractivity contribution in [1.82, 2.24) is 9.97 Å². The summed E-state index contributed by atoms with van der Waals surface area (Å²) in [4.78, 5) is 8.62. The Bertz CT molecular complexity index is 551. The van der Waals surface area contributed by atoms with E-state index in [9.17, 15) is 0 Å². The van der Waals surface area contributed by atoms with Crippen molar-refractivity contribution in [2.24, 2.45) is 0 Å². The summed E-state index contributed by atoms with van der Waals surface area (Å²) in [6.45, 7) is 7.99. The van der Waals surface area contributed by atoms with Gasteiger partial charge in [0.25, 0.3) is 0 Å². The summed E-state index contributed by atoms with van der Waals surface area (Å²) in [6, 6.07) is 6.32. The minimum atomic E-state index is 0.557. The third-order valence-corrected chi connectivity index (χ3v) is 2.88. The second kappa shape index (κ2) is 4.17. The smallest absolute Gasteiger partial charge is 0.135 e. The van der Waals surface area contributed by atoms with Gasteiger partial charge in [0.05, 0.1) is 5.69 Å². The Morgan fingerprint density at radius 3 is 2.29 bits per heavy atom. The first-order chi connectivity index (χ1) is 7.99. The summed E-state index contributed by atoms with van der Waals surface area (Å²) >= 11 is 0. The molecule has 0 unspecified atom stereocenters. The minimum Gasteiger partial charge on any atom is -0.383 e. The van der Waals surface area contributed by atoms with E-state index >= 15 is 0 Å². The molecule has 2 N–H and O–H groups in total. The summed E-state index contributed by atoms with van der Waals surface area (Å²) in [5, 5.41) is 0. The highest BCUT2D eigenvalue weighted by Gasteiger charge is 2.11. The second-order valence-corrected chi connectivity index (χ2v) is 4.43. The highest BCUT2D eigenvalue weighted by Crippen LogP contribution is 2.30. The van der Waals surface area contributed by atoms with E-state index in [1.165, 1.54) is 11.1 Å². The van der Waals surface area contributed by atoms with Crippen LogP contribution in [0.3, 0.4) is 0 Å². The van der Waals surface area contributed by atoms with Gasteiger partial charge in [0.15, 0.2) is 0 Å². The largest absolute Gasteiger partial charge is 0.383 e. The van der Waals surface area contributed by atoms with Crippen LogP contribution in [0.2, 0.25) is 0 Å². The van der Waals surface area contributed by atoms with Crippen molar-refractivity contribution in [2.75, 3.05) is 5.73 Å². The van der Waals surface area contributed by atoms with Gasteiger partial charge in [0.1, 0.15) is 11.6 Å². The highest BCUT2D eigenvalue weighted by atomic mass is 14.9. The van der Waals surface area contributed by atoms with Crippen molar-refractivity contribution >= 4 is 5.82 Å². The predicted molar refractivity (Wildman–Crippen MR) is 70.8 cm³/mol. The van der Waals surface area contributed by atoms with Crippen LogP contribution in [0.4, 0.5) is 5.82 Å². The summed E-state index contributed by atoms with van der Waals surface area (Å²) in [7, 11) is 0. The van der Waals surface area contributed by atoms with Crippen LogP contribution in [0.1, 0.15) is 22.6 Å². The van der Waals surface area contributed by atoms with Gasteiger partial charge in [-0.25, -0.2) is 9.97 Å². The number of hydrogen-bond acceptors (Lipinski definition) is 3. The van der Waals surface area contributed by atoms with Gasteiger partial charge in [-0.15, -0.1) is 0 Å². The molecule has 2 aromatic rings. The van der Waals surface area contributed by atoms with Crippen molar-refractivity contribution in [1.29, 1.82) is 0 Å². The summed E-state index contributed by atoms with van der Waals surface area (Å²) in [5.41, 5.74) is 11.5. The third kappa shape index (κ3) is 2.13. The normalized spacial score (nSPS) is 10.6. The molecule has 3 nitrogen and oxygen atoms in total. The zero-order valence-corrected chi connectivity index (χ0v) is 10.7. The van der Waals surface area contributed by atoms with Crippen LogP contribution in [-0.2, 0) is 0 Å². The van der Waals surface area contributed by atoms with E-state index in [0.717, 1.165) is 16.8 Å². The van der Waals surface area contributed by atoms with Crippen LogP contribution in [0.5, 0.6) is 0 Å². The fourth-order valence-corrected chi connectivity index (χ4v) is 2.17. The van der Waals surface area contributed by atoms with Crippen LogP contribution < -0.4 is 5.73 Å². The molecule has 0 amide bonds. The van der Waals surface area contributed by atoms with Gasteiger partial charge in [-0.2, -0.15) is 0 Å². The van der Waals surface area contributed by atoms with Crippen molar-refractivity contribution in [3.63, 3.8) is 0 Å². The molecule has 2 rings (SSSR count). The van der Waals surface area contributed by atoms with E-state index < -0.39 is 0 Å². The Morgan fingerprint density at radius 2 is 1.71 bits per heavy atom. The number of nitrogens with two attached hydrogens (primary N) is 1. The Kier molecular flexibility index (Phi) is 2.84. The topological polar surface area (TPSA) is 51.8 Å². The summed E-state index contributed by atoms with van der Waals surface area (Å²) in [5.74, 6) is 1.27. The Balaban J connectivity index is 2.68. The molecule has 1 aromatic carbocycles. The third-order valence-electron chi connectivity index (χ3n) is 2.88. The molecule has 1 heterocycles. The average molecular weight is 227 g/mol. The number of aryl methyl sites for hydroxylation is 4. The van der Waals surface area contributed by atoms with Gasteiger partial charge >= 0.3 is 0 Å². The zero-order valence-electron chi connectivity index (χ0n) is 10.7. The first-order valence-corrected chi connectivity index (χ1v) is 5.67. The molecule has 0 fully saturated rings. The van der Waals surface area contributed by atoms with Gasteiger partial charge in [-0.3, -0.25) is 0 Å². The summed E-state index contributed by atoms with van der Waals surface area (Å²) < 4.78 is 0. The molecule has 3 heteroatoms. The lowest BCUT2D eigenvalue weighted by molar-refractivity contribution is 1.02. The van der Waals surface area contributed by atoms with E-state index in [-0.39, 0.29) is 0 Å². The number of hydrogen-bond donors (Lipinski definition) is 1. The monoisotopic (exact) mass is 227 g/mol. The number of nitrogens with zero attached hydrogens (tertiary/aromatic N) is 2. The van der Waals surface area contributed by atoms with E-state index in [1.54, 1.807) is 0 Å². The van der Waals surface area contributed by atoms with Crippen LogP contribution in [0, 0.1) is 27.7 Å². The lowest BCUT2D eigenvalue weighted by Gasteiger charge is -2.12. The lowest BCUT2D eigenvalue weighted by atomic mass is 9.98. The van der Waals surface area contributed by atoms with Crippen LogP contribution in [0.15, 0.2) is 18.2 Å². The molecule has 0 saturated carbocycles. The molecular weight excluding hydrogens is 210 g/mol. The van der Waals surface area contributed by atoms with Gasteiger partial charge in [-0.1, -0.05) is 23.8 Å². The maximum atomic E-state index is 6.01. The van der Waals surface area contributed by atoms with Crippen LogP contribution >= 0.6 is 0 Å². The number of rotatable bonds is 1. The second-order valence-electron chi connectivity index (χ2n) is 4.43. The molecule has 0 radical (unpaired) electrons. The van der Waals surface area contributed by atoms with Crippen molar-refractivity contribution < 1.29 is 0 Å². The standard InChI is InChI=1S/C14H17N3/c1-8-5-6-12(9(2)7-8)13-10(3)16-11(4)17-14(13)15/h5-7H,1-4H3,(H2,15,16,17). The molecule has 0 atom stereocenters. The highest BCUT2D eigenvalue weighted by molar-refractivity contribution is 5.78. The molecule has 0 aliphatic carbocycles. The molecule has 0 saturated heterocycles. The molecule has 17 heavy (non-hydrogen) atoms. The summed E-state index contributed by atoms with van der Waals surface area (Å²) in [6.07, 6.45) is 0. The SMILES string of the molecule is Cc1ccc(-c2c(C)nc(C)nc2N)c(C)c1. The van der Waals surface area contributed by atoms with E-state index in [1.807, 2.05) is 13.8 Å². The van der Waals surface area contributed by atoms with E-state index in [2.05, 4.69) is 42.0 Å².